The highest BCUT2D eigenvalue weighted by molar-refractivity contribution is 5.98. The van der Waals surface area contributed by atoms with Crippen molar-refractivity contribution in [2.24, 2.45) is 5.92 Å². The number of non-ortho nitro benzene ring substituents is 1. The summed E-state index contributed by atoms with van der Waals surface area (Å²) in [5, 5.41) is 10.9. The number of unbranched alkanes of at least 4 members (excludes halogenated alkanes) is 2. The molecule has 1 aliphatic carbocycles. The number of carbonyl (C=O) groups excluding carboxylic acids is 4. The van der Waals surface area contributed by atoms with E-state index < -0.39 is 47.1 Å². The molecule has 0 aromatic heterocycles. The molecule has 2 aliphatic rings. The number of hydrogen-bond acceptors (Lipinski definition) is 8. The number of imide groups is 1. The number of benzene rings is 1. The topological polar surface area (TPSA) is 140 Å². The number of allylic oxidation sites excluding steroid dienone is 1. The van der Waals surface area contributed by atoms with E-state index >= 15 is 0 Å². The van der Waals surface area contributed by atoms with Gasteiger partial charge in [0.15, 0.2) is 0 Å². The number of carbonyl (C=O) groups is 4. The van der Waals surface area contributed by atoms with Crippen molar-refractivity contribution in [1.29, 1.82) is 0 Å². The minimum atomic E-state index is -1.06. The zero-order valence-corrected chi connectivity index (χ0v) is 22.9. The molecule has 2 fully saturated rings. The molecule has 12 nitrogen and oxygen atoms in total. The fraction of sp³-hybridized carbons (Fsp3) is 0.500. The fourth-order valence-corrected chi connectivity index (χ4v) is 4.71. The van der Waals surface area contributed by atoms with Gasteiger partial charge >= 0.3 is 18.1 Å². The molecule has 1 aliphatic heterocycles. The van der Waals surface area contributed by atoms with Gasteiger partial charge in [-0.25, -0.2) is 19.3 Å². The maximum absolute atomic E-state index is 13.8. The Balaban J connectivity index is 1.81. The Morgan fingerprint density at radius 3 is 2.42 bits per heavy atom. The van der Waals surface area contributed by atoms with Crippen molar-refractivity contribution >= 4 is 29.7 Å². The van der Waals surface area contributed by atoms with Crippen LogP contribution in [0.1, 0.15) is 49.4 Å². The van der Waals surface area contributed by atoms with Gasteiger partial charge in [0, 0.05) is 32.1 Å². The summed E-state index contributed by atoms with van der Waals surface area (Å²) in [7, 11) is 1.63. The van der Waals surface area contributed by atoms with Crippen LogP contribution in [0.3, 0.4) is 0 Å². The monoisotopic (exact) mass is 556 g/mol. The van der Waals surface area contributed by atoms with Crippen LogP contribution in [0.5, 0.6) is 0 Å². The van der Waals surface area contributed by atoms with Crippen LogP contribution in [0.25, 0.3) is 0 Å². The molecule has 4 amide bonds. The van der Waals surface area contributed by atoms with Crippen LogP contribution < -0.4 is 0 Å². The van der Waals surface area contributed by atoms with Gasteiger partial charge in [-0.05, 0) is 50.7 Å². The third-order valence-electron chi connectivity index (χ3n) is 7.00. The molecule has 0 radical (unpaired) electrons. The fourth-order valence-electron chi connectivity index (χ4n) is 4.71. The number of likely N-dealkylation sites (tertiary alicyclic amines) is 1. The summed E-state index contributed by atoms with van der Waals surface area (Å²) in [5.74, 6) is -1.41. The van der Waals surface area contributed by atoms with Crippen LogP contribution in [0.15, 0.2) is 49.6 Å². The minimum absolute atomic E-state index is 0.0189. The molecular weight excluding hydrogens is 520 g/mol. The molecule has 1 saturated heterocycles. The number of nitro groups is 1. The summed E-state index contributed by atoms with van der Waals surface area (Å²) in [5.41, 5.74) is -0.0783. The zero-order valence-electron chi connectivity index (χ0n) is 22.9. The summed E-state index contributed by atoms with van der Waals surface area (Å²) in [6.45, 7) is 9.55. The highest BCUT2D eigenvalue weighted by Crippen LogP contribution is 2.38. The number of nitro benzene ring substituents is 1. The van der Waals surface area contributed by atoms with Crippen molar-refractivity contribution in [3.05, 3.63) is 65.3 Å². The maximum Gasteiger partial charge on any atom is 0.416 e. The molecule has 4 atom stereocenters. The number of esters is 1. The van der Waals surface area contributed by atoms with Crippen LogP contribution in [0, 0.1) is 16.0 Å². The molecular formula is C28H36N4O8. The minimum Gasteiger partial charge on any atom is -0.457 e. The van der Waals surface area contributed by atoms with Crippen molar-refractivity contribution in [2.45, 2.75) is 57.2 Å². The molecule has 216 valence electrons. The van der Waals surface area contributed by atoms with Gasteiger partial charge in [0.25, 0.3) is 11.6 Å². The lowest BCUT2D eigenvalue weighted by Gasteiger charge is -2.31. The molecule has 1 heterocycles. The third-order valence-corrected chi connectivity index (χ3v) is 7.00. The van der Waals surface area contributed by atoms with Gasteiger partial charge in [0.1, 0.15) is 12.1 Å². The van der Waals surface area contributed by atoms with E-state index in [1.807, 2.05) is 0 Å². The summed E-state index contributed by atoms with van der Waals surface area (Å²) < 4.78 is 10.8. The molecule has 1 saturated carbocycles. The van der Waals surface area contributed by atoms with E-state index in [0.29, 0.717) is 13.0 Å². The van der Waals surface area contributed by atoms with Crippen molar-refractivity contribution < 1.29 is 33.6 Å². The van der Waals surface area contributed by atoms with Gasteiger partial charge in [-0.1, -0.05) is 12.2 Å². The van der Waals surface area contributed by atoms with Gasteiger partial charge in [-0.2, -0.15) is 0 Å². The highest BCUT2D eigenvalue weighted by Gasteiger charge is 2.51. The van der Waals surface area contributed by atoms with Crippen LogP contribution in [0.2, 0.25) is 0 Å². The predicted molar refractivity (Wildman–Crippen MR) is 145 cm³/mol. The largest absolute Gasteiger partial charge is 0.457 e. The molecule has 1 aromatic rings. The third kappa shape index (κ3) is 7.25. The first-order valence-corrected chi connectivity index (χ1v) is 13.3. The number of ether oxygens (including phenoxy) is 2. The van der Waals surface area contributed by atoms with Gasteiger partial charge in [0.05, 0.1) is 29.7 Å². The first-order chi connectivity index (χ1) is 19.1. The van der Waals surface area contributed by atoms with E-state index in [-0.39, 0.29) is 36.7 Å². The molecule has 0 N–H and O–H groups in total. The number of hydrogen-bond donors (Lipinski definition) is 0. The second kappa shape index (κ2) is 13.7. The average molecular weight is 557 g/mol. The Kier molecular flexibility index (Phi) is 10.4. The van der Waals surface area contributed by atoms with E-state index in [0.717, 1.165) is 24.2 Å². The molecule has 0 bridgehead atoms. The van der Waals surface area contributed by atoms with Crippen molar-refractivity contribution in [3.63, 3.8) is 0 Å². The van der Waals surface area contributed by atoms with Gasteiger partial charge < -0.3 is 19.3 Å². The molecule has 3 rings (SSSR count). The van der Waals surface area contributed by atoms with Crippen LogP contribution in [-0.2, 0) is 14.3 Å². The predicted octanol–water partition coefficient (Wildman–Crippen LogP) is 4.16. The molecule has 0 spiro atoms. The lowest BCUT2D eigenvalue weighted by atomic mass is 10.1. The SMILES string of the molecule is C=CCCCCN(C)C(=O)N1CC(OC(=O)c2ccc([N+](=O)[O-])cc2)CC1C(=O)N(C(=O)OCC)C1CC1C=C. The summed E-state index contributed by atoms with van der Waals surface area (Å²) in [6, 6.07) is 3.04. The summed E-state index contributed by atoms with van der Waals surface area (Å²) in [6.07, 6.45) is 4.77. The Labute approximate surface area is 233 Å². The second-order valence-electron chi connectivity index (χ2n) is 9.83. The number of amides is 4. The average Bonchev–Trinajstić information content (AvgIpc) is 3.59. The molecule has 4 unspecified atom stereocenters. The van der Waals surface area contributed by atoms with Crippen molar-refractivity contribution in [1.82, 2.24) is 14.7 Å². The lowest BCUT2D eigenvalue weighted by Crippen LogP contribution is -2.53. The van der Waals surface area contributed by atoms with Gasteiger partial charge in [-0.15, -0.1) is 13.2 Å². The smallest absolute Gasteiger partial charge is 0.416 e. The van der Waals surface area contributed by atoms with E-state index in [1.165, 1.54) is 34.1 Å². The Morgan fingerprint density at radius 2 is 1.85 bits per heavy atom. The lowest BCUT2D eigenvalue weighted by molar-refractivity contribution is -0.384. The maximum atomic E-state index is 13.8. The Bertz CT molecular complexity index is 1140. The normalized spacial score (nSPS) is 21.2. The number of nitrogens with zero attached hydrogens (tertiary/aromatic N) is 4. The van der Waals surface area contributed by atoms with Crippen LogP contribution >= 0.6 is 0 Å². The van der Waals surface area contributed by atoms with Crippen molar-refractivity contribution in [2.75, 3.05) is 26.7 Å². The van der Waals surface area contributed by atoms with Crippen LogP contribution in [-0.4, -0.2) is 88.6 Å². The van der Waals surface area contributed by atoms with Gasteiger partial charge in [-0.3, -0.25) is 14.9 Å². The van der Waals surface area contributed by atoms with Crippen LogP contribution in [0.4, 0.5) is 15.3 Å². The molecule has 40 heavy (non-hydrogen) atoms. The van der Waals surface area contributed by atoms with E-state index in [9.17, 15) is 29.3 Å². The summed E-state index contributed by atoms with van der Waals surface area (Å²) >= 11 is 0. The second-order valence-corrected chi connectivity index (χ2v) is 9.83. The number of urea groups is 1. The van der Waals surface area contributed by atoms with Gasteiger partial charge in [0.2, 0.25) is 0 Å². The Morgan fingerprint density at radius 1 is 1.15 bits per heavy atom. The van der Waals surface area contributed by atoms with E-state index in [2.05, 4.69) is 13.2 Å². The quantitative estimate of drug-likeness (QED) is 0.123. The zero-order chi connectivity index (χ0) is 29.4. The molecule has 12 heteroatoms. The Hall–Kier alpha value is -4.22. The molecule has 1 aromatic carbocycles. The first kappa shape index (κ1) is 30.3. The van der Waals surface area contributed by atoms with E-state index in [4.69, 9.17) is 9.47 Å². The number of rotatable bonds is 12. The highest BCUT2D eigenvalue weighted by atomic mass is 16.6. The standard InChI is InChI=1S/C28H36N4O8/c1-5-8-9-10-15-29(4)27(35)30-18-22(40-26(34)20-11-13-21(14-12-20)32(37)38)17-24(30)25(33)31(28(36)39-7-3)23-16-19(23)6-2/h5-6,11-14,19,22-24H,1-2,7-10,15-18H2,3-4H3. The van der Waals surface area contributed by atoms with Crippen molar-refractivity contribution in [3.8, 4) is 0 Å². The first-order valence-electron chi connectivity index (χ1n) is 13.3. The van der Waals surface area contributed by atoms with E-state index in [1.54, 1.807) is 26.1 Å². The summed E-state index contributed by atoms with van der Waals surface area (Å²) in [4.78, 5) is 67.1.